The van der Waals surface area contributed by atoms with Gasteiger partial charge in [0.05, 0.1) is 0 Å². The Kier molecular flexibility index (Phi) is 2.38. The van der Waals surface area contributed by atoms with Crippen molar-refractivity contribution >= 4 is 0 Å². The molecule has 2 rings (SSSR count). The third kappa shape index (κ3) is 1.70. The molecular formula is C7H13FN4O2. The highest BCUT2D eigenvalue weighted by atomic mass is 19.2. The summed E-state index contributed by atoms with van der Waals surface area (Å²) in [5.41, 5.74) is 5.62. The fraction of sp³-hybridized carbons (Fsp3) is 1.00. The van der Waals surface area contributed by atoms with Crippen LogP contribution in [0, 0.1) is 10.1 Å². The van der Waals surface area contributed by atoms with Crippen LogP contribution in [-0.2, 0) is 0 Å². The van der Waals surface area contributed by atoms with Crippen molar-refractivity contribution < 1.29 is 9.40 Å². The molecule has 2 N–H and O–H groups in total. The fourth-order valence-corrected chi connectivity index (χ4v) is 1.90. The van der Waals surface area contributed by atoms with Crippen molar-refractivity contribution in [3.63, 3.8) is 0 Å². The van der Waals surface area contributed by atoms with Crippen molar-refractivity contribution in [2.45, 2.75) is 24.7 Å². The minimum atomic E-state index is -0.938. The molecule has 3 unspecified atom stereocenters. The first-order valence-corrected chi connectivity index (χ1v) is 4.65. The van der Waals surface area contributed by atoms with E-state index in [1.165, 1.54) is 0 Å². The quantitative estimate of drug-likeness (QED) is 0.362. The molecule has 0 aromatic rings. The minimum absolute atomic E-state index is 0.0311. The Morgan fingerprint density at radius 3 is 2.64 bits per heavy atom. The first-order chi connectivity index (χ1) is 6.59. The van der Waals surface area contributed by atoms with Crippen LogP contribution in [-0.4, -0.2) is 52.8 Å². The molecule has 3 atom stereocenters. The van der Waals surface area contributed by atoms with Crippen LogP contribution >= 0.6 is 0 Å². The molecule has 2 fully saturated rings. The molecule has 1 saturated heterocycles. The highest BCUT2D eigenvalue weighted by Gasteiger charge is 2.48. The molecule has 0 spiro atoms. The maximum absolute atomic E-state index is 12.8. The van der Waals surface area contributed by atoms with Crippen LogP contribution in [0.25, 0.3) is 0 Å². The van der Waals surface area contributed by atoms with Crippen LogP contribution in [0.15, 0.2) is 0 Å². The zero-order valence-electron chi connectivity index (χ0n) is 7.67. The highest BCUT2D eigenvalue weighted by Crippen LogP contribution is 2.29. The summed E-state index contributed by atoms with van der Waals surface area (Å²) in [7, 11) is 0. The van der Waals surface area contributed by atoms with Crippen LogP contribution < -0.4 is 5.73 Å². The highest BCUT2D eigenvalue weighted by molar-refractivity contribution is 5.00. The summed E-state index contributed by atoms with van der Waals surface area (Å²) in [6.07, 6.45) is -0.149. The molecule has 80 valence electrons. The molecular weight excluding hydrogens is 191 g/mol. The SMILES string of the molecule is NC1CC1N1CCN(F)CC1[N+](=O)[O-]. The number of nitrogens with zero attached hydrogens (tertiary/aromatic N) is 3. The van der Waals surface area contributed by atoms with Gasteiger partial charge in [0.1, 0.15) is 6.54 Å². The van der Waals surface area contributed by atoms with E-state index in [2.05, 4.69) is 0 Å². The molecule has 14 heavy (non-hydrogen) atoms. The molecule has 1 saturated carbocycles. The van der Waals surface area contributed by atoms with Crippen LogP contribution in [0.4, 0.5) is 4.48 Å². The lowest BCUT2D eigenvalue weighted by Crippen LogP contribution is -2.55. The van der Waals surface area contributed by atoms with Crippen molar-refractivity contribution in [1.29, 1.82) is 0 Å². The molecule has 1 aliphatic heterocycles. The average Bonchev–Trinajstić information content (AvgIpc) is 2.82. The Bertz CT molecular complexity index is 252. The van der Waals surface area contributed by atoms with Gasteiger partial charge in [-0.15, -0.1) is 9.60 Å². The predicted octanol–water partition coefficient (Wildman–Crippen LogP) is -0.809. The third-order valence-electron chi connectivity index (χ3n) is 2.82. The Morgan fingerprint density at radius 2 is 2.14 bits per heavy atom. The second kappa shape index (κ2) is 3.41. The topological polar surface area (TPSA) is 75.6 Å². The maximum atomic E-state index is 12.8. The maximum Gasteiger partial charge on any atom is 0.284 e. The van der Waals surface area contributed by atoms with Crippen molar-refractivity contribution in [2.24, 2.45) is 5.73 Å². The largest absolute Gasteiger partial charge is 0.326 e. The number of halogens is 1. The normalized spacial score (nSPS) is 39.7. The van der Waals surface area contributed by atoms with E-state index < -0.39 is 11.1 Å². The molecule has 0 aromatic heterocycles. The summed E-state index contributed by atoms with van der Waals surface area (Å²) in [4.78, 5) is 12.0. The molecule has 0 aromatic carbocycles. The minimum Gasteiger partial charge on any atom is -0.326 e. The van der Waals surface area contributed by atoms with Crippen LogP contribution in [0.1, 0.15) is 6.42 Å². The van der Waals surface area contributed by atoms with Gasteiger partial charge in [0.2, 0.25) is 0 Å². The first kappa shape index (κ1) is 9.75. The Balaban J connectivity index is 2.03. The van der Waals surface area contributed by atoms with Crippen LogP contribution in [0.5, 0.6) is 0 Å². The number of piperazine rings is 1. The smallest absolute Gasteiger partial charge is 0.284 e. The van der Waals surface area contributed by atoms with E-state index in [9.17, 15) is 14.6 Å². The summed E-state index contributed by atoms with van der Waals surface area (Å²) in [6.45, 7) is 0.463. The number of hydrogen-bond acceptors (Lipinski definition) is 5. The van der Waals surface area contributed by atoms with E-state index in [4.69, 9.17) is 5.73 Å². The van der Waals surface area contributed by atoms with Gasteiger partial charge in [-0.25, -0.2) is 4.90 Å². The second-order valence-electron chi connectivity index (χ2n) is 3.84. The van der Waals surface area contributed by atoms with Crippen LogP contribution in [0.3, 0.4) is 0 Å². The summed E-state index contributed by atoms with van der Waals surface area (Å²) >= 11 is 0. The summed E-state index contributed by atoms with van der Waals surface area (Å²) in [5.74, 6) is 0. The zero-order valence-corrected chi connectivity index (χ0v) is 7.67. The Morgan fingerprint density at radius 1 is 1.50 bits per heavy atom. The lowest BCUT2D eigenvalue weighted by Gasteiger charge is -2.32. The van der Waals surface area contributed by atoms with Crippen LogP contribution in [0.2, 0.25) is 0 Å². The molecule has 0 radical (unpaired) electrons. The Labute approximate surface area is 80.5 Å². The molecule has 0 amide bonds. The predicted molar refractivity (Wildman–Crippen MR) is 46.5 cm³/mol. The molecule has 2 aliphatic rings. The lowest BCUT2D eigenvalue weighted by molar-refractivity contribution is -0.558. The van der Waals surface area contributed by atoms with E-state index in [-0.39, 0.29) is 25.2 Å². The standard InChI is InChI=1S/C7H13FN4O2/c8-10-1-2-11(6-3-5(6)9)7(4-10)12(13)14/h5-7H,1-4,9H2. The van der Waals surface area contributed by atoms with E-state index in [1.807, 2.05) is 0 Å². The first-order valence-electron chi connectivity index (χ1n) is 4.65. The monoisotopic (exact) mass is 204 g/mol. The number of hydrogen-bond donors (Lipinski definition) is 1. The molecule has 6 nitrogen and oxygen atoms in total. The van der Waals surface area contributed by atoms with Gasteiger partial charge in [-0.3, -0.25) is 10.1 Å². The third-order valence-corrected chi connectivity index (χ3v) is 2.82. The molecule has 1 heterocycles. The van der Waals surface area contributed by atoms with E-state index in [1.54, 1.807) is 4.90 Å². The fourth-order valence-electron chi connectivity index (χ4n) is 1.90. The molecule has 1 aliphatic carbocycles. The number of nitrogens with two attached hydrogens (primary N) is 1. The van der Waals surface area contributed by atoms with E-state index >= 15 is 0 Å². The van der Waals surface area contributed by atoms with Gasteiger partial charge >= 0.3 is 0 Å². The summed E-state index contributed by atoms with van der Waals surface area (Å²) < 4.78 is 12.8. The zero-order chi connectivity index (χ0) is 10.3. The summed E-state index contributed by atoms with van der Waals surface area (Å²) in [5, 5.41) is 11.2. The van der Waals surface area contributed by atoms with Crippen molar-refractivity contribution in [3.05, 3.63) is 10.1 Å². The van der Waals surface area contributed by atoms with Gasteiger partial charge in [0.15, 0.2) is 0 Å². The average molecular weight is 204 g/mol. The Hall–Kier alpha value is -0.790. The van der Waals surface area contributed by atoms with E-state index in [0.29, 0.717) is 11.7 Å². The number of rotatable bonds is 2. The second-order valence-corrected chi connectivity index (χ2v) is 3.84. The molecule has 0 bridgehead atoms. The summed E-state index contributed by atoms with van der Waals surface area (Å²) in [6, 6.07) is 0.114. The van der Waals surface area contributed by atoms with E-state index in [0.717, 1.165) is 6.42 Å². The van der Waals surface area contributed by atoms with Crippen molar-refractivity contribution in [1.82, 2.24) is 10.0 Å². The van der Waals surface area contributed by atoms with Gasteiger partial charge < -0.3 is 5.73 Å². The van der Waals surface area contributed by atoms with Crippen molar-refractivity contribution in [3.8, 4) is 0 Å². The van der Waals surface area contributed by atoms with Gasteiger partial charge in [0, 0.05) is 30.1 Å². The number of nitro groups is 1. The molecule has 7 heteroatoms. The van der Waals surface area contributed by atoms with Gasteiger partial charge in [-0.2, -0.15) is 0 Å². The van der Waals surface area contributed by atoms with Gasteiger partial charge in [-0.05, 0) is 6.42 Å². The van der Waals surface area contributed by atoms with Gasteiger partial charge in [0.25, 0.3) is 6.17 Å². The van der Waals surface area contributed by atoms with Gasteiger partial charge in [-0.1, -0.05) is 0 Å². The lowest BCUT2D eigenvalue weighted by atomic mass is 10.3. The van der Waals surface area contributed by atoms with Crippen molar-refractivity contribution in [2.75, 3.05) is 19.6 Å².